The summed E-state index contributed by atoms with van der Waals surface area (Å²) in [5, 5.41) is 0.0844. The van der Waals surface area contributed by atoms with Gasteiger partial charge in [0.2, 0.25) is 0 Å². The topological polar surface area (TPSA) is 85.3 Å². The number of amides is 1. The van der Waals surface area contributed by atoms with Crippen LogP contribution in [-0.2, 0) is 21.2 Å². The van der Waals surface area contributed by atoms with E-state index in [1.807, 2.05) is 6.92 Å². The minimum atomic E-state index is -3.98. The van der Waals surface area contributed by atoms with Crippen LogP contribution in [0.25, 0.3) is 6.08 Å². The standard InChI is InChI=1S/C23H24N2O5S2/c1-5-13-25-22(26)21(15-17-9-12-19(29-3)20(14-17)30-4)31-23(25)24-32(27,28)18-10-7-16(6-2)8-11-18/h5,7-12,14-15H,1,6,13H2,2-4H3/b21-15-,24-23?. The van der Waals surface area contributed by atoms with E-state index in [1.54, 1.807) is 43.5 Å². The molecule has 1 aliphatic rings. The zero-order valence-electron chi connectivity index (χ0n) is 18.1. The average molecular weight is 473 g/mol. The minimum absolute atomic E-state index is 0.0751. The van der Waals surface area contributed by atoms with Gasteiger partial charge in [0.1, 0.15) is 0 Å². The molecule has 0 unspecified atom stereocenters. The summed E-state index contributed by atoms with van der Waals surface area (Å²) in [6.45, 7) is 5.79. The molecule has 1 heterocycles. The summed E-state index contributed by atoms with van der Waals surface area (Å²) >= 11 is 1.00. The molecule has 0 atom stereocenters. The SMILES string of the molecule is C=CCN1C(=O)/C(=C/c2ccc(OC)c(OC)c2)SC1=NS(=O)(=O)c1ccc(CC)cc1. The maximum absolute atomic E-state index is 13.0. The monoisotopic (exact) mass is 472 g/mol. The molecule has 9 heteroatoms. The number of rotatable bonds is 8. The van der Waals surface area contributed by atoms with Gasteiger partial charge in [-0.05, 0) is 59.7 Å². The van der Waals surface area contributed by atoms with Crippen LogP contribution in [0.4, 0.5) is 0 Å². The predicted octanol–water partition coefficient (Wildman–Crippen LogP) is 4.11. The number of thioether (sulfide) groups is 1. The molecular weight excluding hydrogens is 448 g/mol. The second kappa shape index (κ2) is 10.1. The van der Waals surface area contributed by atoms with E-state index in [0.29, 0.717) is 22.0 Å². The van der Waals surface area contributed by atoms with Gasteiger partial charge in [-0.15, -0.1) is 11.0 Å². The molecule has 7 nitrogen and oxygen atoms in total. The largest absolute Gasteiger partial charge is 0.493 e. The third-order valence-corrected chi connectivity index (χ3v) is 7.14. The number of aryl methyl sites for hydroxylation is 1. The first kappa shape index (κ1) is 23.6. The van der Waals surface area contributed by atoms with E-state index < -0.39 is 10.0 Å². The summed E-state index contributed by atoms with van der Waals surface area (Å²) in [6, 6.07) is 11.8. The molecule has 0 saturated carbocycles. The molecule has 3 rings (SSSR count). The summed E-state index contributed by atoms with van der Waals surface area (Å²) in [5.41, 5.74) is 1.73. The number of carbonyl (C=O) groups is 1. The van der Waals surface area contributed by atoms with Crippen LogP contribution in [0.2, 0.25) is 0 Å². The van der Waals surface area contributed by atoms with Crippen molar-refractivity contribution in [3.8, 4) is 11.5 Å². The first-order chi connectivity index (χ1) is 15.3. The van der Waals surface area contributed by atoms with Gasteiger partial charge >= 0.3 is 0 Å². The second-order valence-electron chi connectivity index (χ2n) is 6.78. The van der Waals surface area contributed by atoms with E-state index >= 15 is 0 Å². The molecule has 32 heavy (non-hydrogen) atoms. The number of hydrogen-bond donors (Lipinski definition) is 0. The van der Waals surface area contributed by atoms with E-state index in [-0.39, 0.29) is 22.5 Å². The van der Waals surface area contributed by atoms with Crippen molar-refractivity contribution in [3.05, 3.63) is 71.2 Å². The Morgan fingerprint density at radius 3 is 2.38 bits per heavy atom. The third-order valence-electron chi connectivity index (χ3n) is 4.73. The lowest BCUT2D eigenvalue weighted by Crippen LogP contribution is -2.29. The molecule has 0 bridgehead atoms. The fourth-order valence-electron chi connectivity index (χ4n) is 3.01. The van der Waals surface area contributed by atoms with Gasteiger partial charge in [-0.1, -0.05) is 31.2 Å². The molecule has 0 radical (unpaired) electrons. The summed E-state index contributed by atoms with van der Waals surface area (Å²) in [4.78, 5) is 14.7. The van der Waals surface area contributed by atoms with Crippen molar-refractivity contribution >= 4 is 38.9 Å². The van der Waals surface area contributed by atoms with Gasteiger partial charge < -0.3 is 9.47 Å². The molecule has 0 aliphatic carbocycles. The Morgan fingerprint density at radius 2 is 1.78 bits per heavy atom. The molecule has 2 aromatic carbocycles. The molecule has 1 saturated heterocycles. The average Bonchev–Trinajstić information content (AvgIpc) is 3.07. The molecule has 1 aliphatic heterocycles. The number of sulfonamides is 1. The normalized spacial score (nSPS) is 16.6. The van der Waals surface area contributed by atoms with Crippen LogP contribution in [-0.4, -0.2) is 45.2 Å². The fourth-order valence-corrected chi connectivity index (χ4v) is 5.20. The van der Waals surface area contributed by atoms with Crippen molar-refractivity contribution < 1.29 is 22.7 Å². The summed E-state index contributed by atoms with van der Waals surface area (Å²) < 4.78 is 40.2. The minimum Gasteiger partial charge on any atom is -0.493 e. The molecule has 0 N–H and O–H groups in total. The zero-order chi connectivity index (χ0) is 23.3. The number of carbonyl (C=O) groups excluding carboxylic acids is 1. The molecule has 168 valence electrons. The summed E-state index contributed by atoms with van der Waals surface area (Å²) in [5.74, 6) is 0.739. The quantitative estimate of drug-likeness (QED) is 0.425. The number of hydrogen-bond acceptors (Lipinski definition) is 6. The predicted molar refractivity (Wildman–Crippen MR) is 127 cm³/mol. The van der Waals surface area contributed by atoms with Crippen molar-refractivity contribution in [2.45, 2.75) is 18.2 Å². The Bertz CT molecular complexity index is 1190. The highest BCUT2D eigenvalue weighted by molar-refractivity contribution is 8.19. The highest BCUT2D eigenvalue weighted by Gasteiger charge is 2.34. The smallest absolute Gasteiger partial charge is 0.284 e. The van der Waals surface area contributed by atoms with Crippen LogP contribution >= 0.6 is 11.8 Å². The van der Waals surface area contributed by atoms with E-state index in [0.717, 1.165) is 23.7 Å². The van der Waals surface area contributed by atoms with Gasteiger partial charge in [0, 0.05) is 6.54 Å². The lowest BCUT2D eigenvalue weighted by Gasteiger charge is -2.12. The van der Waals surface area contributed by atoms with Crippen LogP contribution in [0.1, 0.15) is 18.1 Å². The van der Waals surface area contributed by atoms with E-state index in [4.69, 9.17) is 9.47 Å². The molecule has 1 fully saturated rings. The van der Waals surface area contributed by atoms with Crippen molar-refractivity contribution in [3.63, 3.8) is 0 Å². The number of benzene rings is 2. The van der Waals surface area contributed by atoms with Gasteiger partial charge in [-0.2, -0.15) is 8.42 Å². The van der Waals surface area contributed by atoms with Crippen LogP contribution < -0.4 is 9.47 Å². The molecular formula is C23H24N2O5S2. The van der Waals surface area contributed by atoms with Crippen molar-refractivity contribution in [2.75, 3.05) is 20.8 Å². The second-order valence-corrected chi connectivity index (χ2v) is 9.39. The molecule has 0 spiro atoms. The van der Waals surface area contributed by atoms with Crippen molar-refractivity contribution in [1.82, 2.24) is 4.90 Å². The van der Waals surface area contributed by atoms with Crippen molar-refractivity contribution in [1.29, 1.82) is 0 Å². The number of methoxy groups -OCH3 is 2. The Morgan fingerprint density at radius 1 is 1.09 bits per heavy atom. The highest BCUT2D eigenvalue weighted by atomic mass is 32.2. The van der Waals surface area contributed by atoms with Crippen LogP contribution in [0.5, 0.6) is 11.5 Å². The van der Waals surface area contributed by atoms with Gasteiger partial charge in [0.15, 0.2) is 16.7 Å². The molecule has 2 aromatic rings. The van der Waals surface area contributed by atoms with E-state index in [1.165, 1.54) is 30.2 Å². The van der Waals surface area contributed by atoms with E-state index in [2.05, 4.69) is 11.0 Å². The van der Waals surface area contributed by atoms with Gasteiger partial charge in [-0.3, -0.25) is 9.69 Å². The van der Waals surface area contributed by atoms with Gasteiger partial charge in [0.25, 0.3) is 15.9 Å². The van der Waals surface area contributed by atoms with Crippen molar-refractivity contribution in [2.24, 2.45) is 4.40 Å². The zero-order valence-corrected chi connectivity index (χ0v) is 19.7. The first-order valence-electron chi connectivity index (χ1n) is 9.81. The van der Waals surface area contributed by atoms with Crippen LogP contribution in [0.15, 0.2) is 69.3 Å². The highest BCUT2D eigenvalue weighted by Crippen LogP contribution is 2.35. The Kier molecular flexibility index (Phi) is 7.42. The Labute approximate surface area is 192 Å². The third kappa shape index (κ3) is 5.05. The number of ether oxygens (including phenoxy) is 2. The summed E-state index contributed by atoms with van der Waals surface area (Å²) in [7, 11) is -0.917. The lowest BCUT2D eigenvalue weighted by atomic mass is 10.2. The number of amidine groups is 1. The van der Waals surface area contributed by atoms with Crippen LogP contribution in [0.3, 0.4) is 0 Å². The maximum atomic E-state index is 13.0. The summed E-state index contributed by atoms with van der Waals surface area (Å²) in [6.07, 6.45) is 3.99. The fraction of sp³-hybridized carbons (Fsp3) is 0.217. The lowest BCUT2D eigenvalue weighted by molar-refractivity contribution is -0.121. The molecule has 1 amide bonds. The molecule has 0 aromatic heterocycles. The van der Waals surface area contributed by atoms with Gasteiger partial charge in [-0.25, -0.2) is 0 Å². The van der Waals surface area contributed by atoms with Crippen LogP contribution in [0, 0.1) is 0 Å². The Balaban J connectivity index is 1.97. The maximum Gasteiger partial charge on any atom is 0.284 e. The Hall–Kier alpha value is -3.04. The van der Waals surface area contributed by atoms with E-state index in [9.17, 15) is 13.2 Å². The number of nitrogens with zero attached hydrogens (tertiary/aromatic N) is 2. The first-order valence-corrected chi connectivity index (χ1v) is 12.1. The van der Waals surface area contributed by atoms with Gasteiger partial charge in [0.05, 0.1) is 24.0 Å².